The molecule has 0 saturated heterocycles. The zero-order valence-electron chi connectivity index (χ0n) is 10.4. The molecule has 0 saturated carbocycles. The normalized spacial score (nSPS) is 10.9. The summed E-state index contributed by atoms with van der Waals surface area (Å²) in [6, 6.07) is 3.75. The van der Waals surface area contributed by atoms with Crippen molar-refractivity contribution in [3.8, 4) is 5.75 Å². The smallest absolute Gasteiger partial charge is 0.165 e. The molecular weight excluding hydrogens is 232 g/mol. The average molecular weight is 248 g/mol. The standard InChI is InChI=1S/C12H16N4O2/c1-9(2)16-12(14-8-15-16)7-18-11-4-3-10(6-17)13-5-11/h3-5,8-9,17H,6-7H2,1-2H3. The summed E-state index contributed by atoms with van der Waals surface area (Å²) in [6.45, 7) is 4.35. The van der Waals surface area contributed by atoms with Crippen LogP contribution in [-0.4, -0.2) is 24.9 Å². The van der Waals surface area contributed by atoms with Gasteiger partial charge in [-0.3, -0.25) is 4.98 Å². The van der Waals surface area contributed by atoms with E-state index in [1.807, 2.05) is 18.5 Å². The lowest BCUT2D eigenvalue weighted by molar-refractivity contribution is 0.271. The molecule has 0 aliphatic rings. The summed E-state index contributed by atoms with van der Waals surface area (Å²) in [5, 5.41) is 13.0. The molecule has 0 radical (unpaired) electrons. The number of nitrogens with zero attached hydrogens (tertiary/aromatic N) is 4. The van der Waals surface area contributed by atoms with Crippen molar-refractivity contribution in [2.24, 2.45) is 0 Å². The monoisotopic (exact) mass is 248 g/mol. The van der Waals surface area contributed by atoms with Crippen LogP contribution in [0.1, 0.15) is 31.4 Å². The lowest BCUT2D eigenvalue weighted by Gasteiger charge is -2.10. The quantitative estimate of drug-likeness (QED) is 0.864. The molecule has 0 amide bonds. The number of aliphatic hydroxyl groups is 1. The van der Waals surface area contributed by atoms with E-state index < -0.39 is 0 Å². The number of ether oxygens (including phenoxy) is 1. The fourth-order valence-electron chi connectivity index (χ4n) is 1.55. The van der Waals surface area contributed by atoms with E-state index >= 15 is 0 Å². The Morgan fingerprint density at radius 1 is 1.33 bits per heavy atom. The second-order valence-electron chi connectivity index (χ2n) is 4.15. The van der Waals surface area contributed by atoms with E-state index in [9.17, 15) is 0 Å². The molecule has 6 nitrogen and oxygen atoms in total. The number of hydrogen-bond acceptors (Lipinski definition) is 5. The van der Waals surface area contributed by atoms with Crippen molar-refractivity contribution in [1.82, 2.24) is 19.7 Å². The van der Waals surface area contributed by atoms with Gasteiger partial charge in [0, 0.05) is 6.04 Å². The van der Waals surface area contributed by atoms with Gasteiger partial charge in [-0.1, -0.05) is 0 Å². The highest BCUT2D eigenvalue weighted by Crippen LogP contribution is 2.12. The third kappa shape index (κ3) is 2.84. The molecule has 6 heteroatoms. The van der Waals surface area contributed by atoms with Gasteiger partial charge in [-0.25, -0.2) is 9.67 Å². The summed E-state index contributed by atoms with van der Waals surface area (Å²) >= 11 is 0. The Kier molecular flexibility index (Phi) is 3.88. The Balaban J connectivity index is 2.00. The summed E-state index contributed by atoms with van der Waals surface area (Å²) in [4.78, 5) is 8.19. The fraction of sp³-hybridized carbons (Fsp3) is 0.417. The minimum absolute atomic E-state index is 0.0675. The van der Waals surface area contributed by atoms with Gasteiger partial charge in [0.2, 0.25) is 0 Å². The third-order valence-corrected chi connectivity index (χ3v) is 2.46. The predicted molar refractivity (Wildman–Crippen MR) is 64.9 cm³/mol. The van der Waals surface area contributed by atoms with Crippen LogP contribution in [-0.2, 0) is 13.2 Å². The molecule has 2 rings (SSSR count). The summed E-state index contributed by atoms with van der Waals surface area (Å²) in [5.74, 6) is 1.42. The molecule has 0 aliphatic carbocycles. The molecule has 0 aromatic carbocycles. The summed E-state index contributed by atoms with van der Waals surface area (Å²) < 4.78 is 7.39. The Labute approximate surface area is 105 Å². The highest BCUT2D eigenvalue weighted by Gasteiger charge is 2.08. The zero-order chi connectivity index (χ0) is 13.0. The van der Waals surface area contributed by atoms with Crippen LogP contribution in [0.5, 0.6) is 5.75 Å². The molecule has 1 N–H and O–H groups in total. The number of aliphatic hydroxyl groups excluding tert-OH is 1. The van der Waals surface area contributed by atoms with Gasteiger partial charge in [0.25, 0.3) is 0 Å². The van der Waals surface area contributed by atoms with Gasteiger partial charge in [-0.05, 0) is 26.0 Å². The minimum atomic E-state index is -0.0675. The Bertz CT molecular complexity index is 493. The molecule has 18 heavy (non-hydrogen) atoms. The minimum Gasteiger partial charge on any atom is -0.484 e. The van der Waals surface area contributed by atoms with Crippen molar-refractivity contribution >= 4 is 0 Å². The van der Waals surface area contributed by atoms with Crippen LogP contribution >= 0.6 is 0 Å². The van der Waals surface area contributed by atoms with E-state index in [2.05, 4.69) is 15.1 Å². The topological polar surface area (TPSA) is 73.1 Å². The second kappa shape index (κ2) is 5.59. The van der Waals surface area contributed by atoms with E-state index in [-0.39, 0.29) is 12.6 Å². The second-order valence-corrected chi connectivity index (χ2v) is 4.15. The average Bonchev–Trinajstić information content (AvgIpc) is 2.85. The van der Waals surface area contributed by atoms with Crippen molar-refractivity contribution in [3.63, 3.8) is 0 Å². The van der Waals surface area contributed by atoms with Crippen LogP contribution in [0.15, 0.2) is 24.7 Å². The SMILES string of the molecule is CC(C)n1ncnc1COc1ccc(CO)nc1. The summed E-state index contributed by atoms with van der Waals surface area (Å²) in [6.07, 6.45) is 3.10. The molecule has 0 unspecified atom stereocenters. The van der Waals surface area contributed by atoms with Crippen molar-refractivity contribution in [1.29, 1.82) is 0 Å². The molecular formula is C12H16N4O2. The molecule has 0 fully saturated rings. The molecule has 2 heterocycles. The number of hydrogen-bond donors (Lipinski definition) is 1. The zero-order valence-corrected chi connectivity index (χ0v) is 10.4. The van der Waals surface area contributed by atoms with Crippen LogP contribution in [0.25, 0.3) is 0 Å². The van der Waals surface area contributed by atoms with Gasteiger partial charge in [0.15, 0.2) is 5.82 Å². The maximum absolute atomic E-state index is 8.88. The molecule has 0 aliphatic heterocycles. The third-order valence-electron chi connectivity index (χ3n) is 2.46. The van der Waals surface area contributed by atoms with Gasteiger partial charge in [-0.15, -0.1) is 0 Å². The highest BCUT2D eigenvalue weighted by molar-refractivity contribution is 5.19. The lowest BCUT2D eigenvalue weighted by Crippen LogP contribution is -2.10. The van der Waals surface area contributed by atoms with Gasteiger partial charge in [0.05, 0.1) is 18.5 Å². The number of aromatic nitrogens is 4. The molecule has 0 bridgehead atoms. The van der Waals surface area contributed by atoms with E-state index in [0.717, 1.165) is 5.82 Å². The molecule has 0 atom stereocenters. The first-order valence-electron chi connectivity index (χ1n) is 5.77. The van der Waals surface area contributed by atoms with Crippen molar-refractivity contribution in [3.05, 3.63) is 36.2 Å². The van der Waals surface area contributed by atoms with Gasteiger partial charge in [-0.2, -0.15) is 5.10 Å². The highest BCUT2D eigenvalue weighted by atomic mass is 16.5. The molecule has 2 aromatic heterocycles. The van der Waals surface area contributed by atoms with Gasteiger partial charge >= 0.3 is 0 Å². The first-order chi connectivity index (χ1) is 8.70. The molecule has 0 spiro atoms. The number of pyridine rings is 1. The Morgan fingerprint density at radius 3 is 2.78 bits per heavy atom. The summed E-state index contributed by atoms with van der Waals surface area (Å²) in [5.41, 5.74) is 0.618. The molecule has 96 valence electrons. The lowest BCUT2D eigenvalue weighted by atomic mass is 10.3. The Hall–Kier alpha value is -1.95. The van der Waals surface area contributed by atoms with Crippen molar-refractivity contribution in [2.75, 3.05) is 0 Å². The van der Waals surface area contributed by atoms with Crippen molar-refractivity contribution < 1.29 is 9.84 Å². The van der Waals surface area contributed by atoms with Crippen LogP contribution in [0, 0.1) is 0 Å². The summed E-state index contributed by atoms with van der Waals surface area (Å²) in [7, 11) is 0. The van der Waals surface area contributed by atoms with Gasteiger partial charge < -0.3 is 9.84 Å². The van der Waals surface area contributed by atoms with Crippen molar-refractivity contribution in [2.45, 2.75) is 33.1 Å². The largest absolute Gasteiger partial charge is 0.484 e. The van der Waals surface area contributed by atoms with E-state index in [0.29, 0.717) is 18.1 Å². The maximum Gasteiger partial charge on any atom is 0.165 e. The first-order valence-corrected chi connectivity index (χ1v) is 5.77. The van der Waals surface area contributed by atoms with Crippen LogP contribution in [0.4, 0.5) is 0 Å². The molecule has 2 aromatic rings. The van der Waals surface area contributed by atoms with Crippen LogP contribution < -0.4 is 4.74 Å². The van der Waals surface area contributed by atoms with E-state index in [1.54, 1.807) is 18.3 Å². The fourth-order valence-corrected chi connectivity index (χ4v) is 1.55. The first kappa shape index (κ1) is 12.5. The predicted octanol–water partition coefficient (Wildman–Crippen LogP) is 1.33. The van der Waals surface area contributed by atoms with E-state index in [4.69, 9.17) is 9.84 Å². The van der Waals surface area contributed by atoms with Crippen LogP contribution in [0.2, 0.25) is 0 Å². The van der Waals surface area contributed by atoms with Crippen LogP contribution in [0.3, 0.4) is 0 Å². The van der Waals surface area contributed by atoms with E-state index in [1.165, 1.54) is 6.33 Å². The maximum atomic E-state index is 8.88. The number of rotatable bonds is 5. The van der Waals surface area contributed by atoms with Gasteiger partial charge in [0.1, 0.15) is 18.7 Å². The Morgan fingerprint density at radius 2 is 2.17 bits per heavy atom.